The lowest BCUT2D eigenvalue weighted by molar-refractivity contribution is 0.0819. The van der Waals surface area contributed by atoms with Crippen LogP contribution < -0.4 is 14.9 Å². The van der Waals surface area contributed by atoms with Gasteiger partial charge in [-0.2, -0.15) is 0 Å². The van der Waals surface area contributed by atoms with E-state index in [4.69, 9.17) is 4.43 Å². The summed E-state index contributed by atoms with van der Waals surface area (Å²) in [5.41, 5.74) is -0.348. The van der Waals surface area contributed by atoms with Crippen molar-refractivity contribution >= 4 is 20.2 Å². The quantitative estimate of drug-likeness (QED) is 0.781. The molecular formula is C17H32N4O3Si. The maximum Gasteiger partial charge on any atom is 0.294 e. The fourth-order valence-corrected chi connectivity index (χ4v) is 2.94. The first-order chi connectivity index (χ1) is 11.3. The number of aromatic amines is 1. The fraction of sp³-hybridized carbons (Fsp3) is 0.706. The Kier molecular flexibility index (Phi) is 6.44. The minimum Gasteiger partial charge on any atom is -0.538 e. The first-order valence-electron chi connectivity index (χ1n) is 8.58. The van der Waals surface area contributed by atoms with Crippen LogP contribution in [-0.4, -0.2) is 56.8 Å². The fourth-order valence-electron chi connectivity index (χ4n) is 1.93. The number of carbonyl (C=O) groups excluding carboxylic acids is 1. The lowest BCUT2D eigenvalue weighted by Gasteiger charge is -2.36. The van der Waals surface area contributed by atoms with E-state index in [2.05, 4.69) is 30.7 Å². The molecule has 0 saturated carbocycles. The Morgan fingerprint density at radius 1 is 1.24 bits per heavy atom. The third-order valence-corrected chi connectivity index (χ3v) is 8.88. The molecule has 1 aromatic heterocycles. The van der Waals surface area contributed by atoms with Crippen LogP contribution in [0.15, 0.2) is 4.79 Å². The highest BCUT2D eigenvalue weighted by atomic mass is 28.4. The number of anilines is 1. The van der Waals surface area contributed by atoms with Crippen LogP contribution in [0, 0.1) is 0 Å². The standard InChI is InChI=1S/C17H32N4O3Si/c1-10-11-21(7)16-18-12(15(23)20(5)6)13(14(22)19-16)24-25(8,9)17(2,3)4/h10-11H2,1-9H3,(H,18,19,22). The van der Waals surface area contributed by atoms with Gasteiger partial charge in [0.05, 0.1) is 0 Å². The van der Waals surface area contributed by atoms with Crippen molar-refractivity contribution in [2.24, 2.45) is 0 Å². The van der Waals surface area contributed by atoms with Gasteiger partial charge < -0.3 is 14.2 Å². The summed E-state index contributed by atoms with van der Waals surface area (Å²) in [6, 6.07) is 0. The molecule has 25 heavy (non-hydrogen) atoms. The summed E-state index contributed by atoms with van der Waals surface area (Å²) < 4.78 is 6.16. The number of hydrogen-bond acceptors (Lipinski definition) is 5. The van der Waals surface area contributed by atoms with Crippen molar-refractivity contribution in [2.45, 2.75) is 52.2 Å². The van der Waals surface area contributed by atoms with Gasteiger partial charge in [-0.15, -0.1) is 0 Å². The molecule has 0 saturated heterocycles. The molecular weight excluding hydrogens is 336 g/mol. The molecule has 1 aromatic rings. The van der Waals surface area contributed by atoms with Crippen molar-refractivity contribution in [3.8, 4) is 5.75 Å². The maximum absolute atomic E-state index is 12.7. The molecule has 142 valence electrons. The number of nitrogens with zero attached hydrogens (tertiary/aromatic N) is 3. The average Bonchev–Trinajstić information content (AvgIpc) is 2.47. The summed E-state index contributed by atoms with van der Waals surface area (Å²) in [4.78, 5) is 35.7. The summed E-state index contributed by atoms with van der Waals surface area (Å²) >= 11 is 0. The molecule has 8 heteroatoms. The molecule has 0 bridgehead atoms. The van der Waals surface area contributed by atoms with Crippen LogP contribution in [0.4, 0.5) is 5.95 Å². The minimum absolute atomic E-state index is 0.0268. The van der Waals surface area contributed by atoms with Crippen LogP contribution in [0.2, 0.25) is 18.1 Å². The molecule has 1 N–H and O–H groups in total. The van der Waals surface area contributed by atoms with Gasteiger partial charge in [-0.3, -0.25) is 14.6 Å². The topological polar surface area (TPSA) is 78.5 Å². The third kappa shape index (κ3) is 4.84. The number of amides is 1. The summed E-state index contributed by atoms with van der Waals surface area (Å²) in [7, 11) is 2.81. The van der Waals surface area contributed by atoms with Crippen molar-refractivity contribution < 1.29 is 9.22 Å². The second kappa shape index (κ2) is 7.59. The zero-order valence-corrected chi connectivity index (χ0v) is 18.0. The Balaban J connectivity index is 3.51. The monoisotopic (exact) mass is 368 g/mol. The molecule has 7 nitrogen and oxygen atoms in total. The van der Waals surface area contributed by atoms with E-state index in [1.165, 1.54) is 4.90 Å². The Hall–Kier alpha value is -1.83. The highest BCUT2D eigenvalue weighted by Gasteiger charge is 2.41. The average molecular weight is 369 g/mol. The van der Waals surface area contributed by atoms with Gasteiger partial charge in [-0.05, 0) is 24.6 Å². The predicted molar refractivity (Wildman–Crippen MR) is 104 cm³/mol. The van der Waals surface area contributed by atoms with E-state index in [0.29, 0.717) is 5.95 Å². The zero-order valence-electron chi connectivity index (χ0n) is 17.0. The summed E-state index contributed by atoms with van der Waals surface area (Å²) in [5.74, 6) is 0.0597. The van der Waals surface area contributed by atoms with Crippen LogP contribution in [-0.2, 0) is 0 Å². The Bertz CT molecular complexity index is 677. The normalized spacial score (nSPS) is 12.0. The van der Waals surface area contributed by atoms with Gasteiger partial charge in [-0.25, -0.2) is 4.98 Å². The summed E-state index contributed by atoms with van der Waals surface area (Å²) in [6.07, 6.45) is 0.902. The van der Waals surface area contributed by atoms with E-state index >= 15 is 0 Å². The highest BCUT2D eigenvalue weighted by Crippen LogP contribution is 2.37. The first kappa shape index (κ1) is 21.2. The van der Waals surface area contributed by atoms with Crippen molar-refractivity contribution in [1.82, 2.24) is 14.9 Å². The summed E-state index contributed by atoms with van der Waals surface area (Å²) in [6.45, 7) is 13.1. The predicted octanol–water partition coefficient (Wildman–Crippen LogP) is 2.70. The first-order valence-corrected chi connectivity index (χ1v) is 11.5. The van der Waals surface area contributed by atoms with E-state index in [-0.39, 0.29) is 22.4 Å². The second-order valence-electron chi connectivity index (χ2n) is 8.05. The molecule has 0 aliphatic rings. The van der Waals surface area contributed by atoms with Crippen molar-refractivity contribution in [3.63, 3.8) is 0 Å². The van der Waals surface area contributed by atoms with Crippen molar-refractivity contribution in [3.05, 3.63) is 16.0 Å². The summed E-state index contributed by atoms with van der Waals surface area (Å²) in [5, 5.41) is -0.102. The van der Waals surface area contributed by atoms with Gasteiger partial charge in [0.2, 0.25) is 11.7 Å². The van der Waals surface area contributed by atoms with Gasteiger partial charge in [-0.1, -0.05) is 27.7 Å². The van der Waals surface area contributed by atoms with E-state index in [1.54, 1.807) is 14.1 Å². The molecule has 0 atom stereocenters. The van der Waals surface area contributed by atoms with Gasteiger partial charge in [0.15, 0.2) is 5.69 Å². The molecule has 0 spiro atoms. The van der Waals surface area contributed by atoms with Crippen LogP contribution in [0.3, 0.4) is 0 Å². The van der Waals surface area contributed by atoms with Gasteiger partial charge in [0, 0.05) is 27.7 Å². The molecule has 0 aromatic carbocycles. The van der Waals surface area contributed by atoms with Crippen molar-refractivity contribution in [2.75, 3.05) is 32.6 Å². The number of H-pyrrole nitrogens is 1. The Morgan fingerprint density at radius 2 is 1.80 bits per heavy atom. The van der Waals surface area contributed by atoms with Gasteiger partial charge in [0.1, 0.15) is 0 Å². The number of aromatic nitrogens is 2. The van der Waals surface area contributed by atoms with Crippen LogP contribution in [0.25, 0.3) is 0 Å². The van der Waals surface area contributed by atoms with Crippen LogP contribution in [0.1, 0.15) is 44.6 Å². The Labute approximate surface area is 151 Å². The lowest BCUT2D eigenvalue weighted by atomic mass is 10.2. The molecule has 0 fully saturated rings. The van der Waals surface area contributed by atoms with Crippen LogP contribution >= 0.6 is 0 Å². The van der Waals surface area contributed by atoms with Crippen molar-refractivity contribution in [1.29, 1.82) is 0 Å². The molecule has 1 heterocycles. The molecule has 0 unspecified atom stereocenters. The highest BCUT2D eigenvalue weighted by molar-refractivity contribution is 6.74. The van der Waals surface area contributed by atoms with E-state index in [9.17, 15) is 9.59 Å². The molecule has 0 aliphatic heterocycles. The molecule has 1 amide bonds. The minimum atomic E-state index is -2.29. The third-order valence-electron chi connectivity index (χ3n) is 4.56. The number of nitrogens with one attached hydrogen (secondary N) is 1. The number of rotatable bonds is 6. The molecule has 0 aliphatic carbocycles. The van der Waals surface area contributed by atoms with E-state index in [1.807, 2.05) is 32.0 Å². The van der Waals surface area contributed by atoms with Gasteiger partial charge >= 0.3 is 0 Å². The Morgan fingerprint density at radius 3 is 2.24 bits per heavy atom. The van der Waals surface area contributed by atoms with Gasteiger partial charge in [0.25, 0.3) is 19.8 Å². The second-order valence-corrected chi connectivity index (χ2v) is 12.8. The number of carbonyl (C=O) groups is 1. The number of hydrogen-bond donors (Lipinski definition) is 1. The molecule has 0 radical (unpaired) electrons. The maximum atomic E-state index is 12.7. The molecule has 1 rings (SSSR count). The lowest BCUT2D eigenvalue weighted by Crippen LogP contribution is -2.46. The zero-order chi connectivity index (χ0) is 19.6. The SMILES string of the molecule is CCCN(C)c1nc(C(=O)N(C)C)c(O[Si](C)(C)C(C)(C)C)c(=O)[nH]1. The largest absolute Gasteiger partial charge is 0.538 e. The smallest absolute Gasteiger partial charge is 0.294 e. The van der Waals surface area contributed by atoms with Crippen LogP contribution in [0.5, 0.6) is 5.75 Å². The van der Waals surface area contributed by atoms with E-state index in [0.717, 1.165) is 13.0 Å². The van der Waals surface area contributed by atoms with E-state index < -0.39 is 13.9 Å².